The Morgan fingerprint density at radius 2 is 1.81 bits per heavy atom. The number of carbonyl (C=O) groups excluding carboxylic acids is 1. The van der Waals surface area contributed by atoms with Gasteiger partial charge in [-0.3, -0.25) is 14.2 Å². The van der Waals surface area contributed by atoms with E-state index in [2.05, 4.69) is 15.2 Å². The number of rotatable bonds is 7. The molecule has 1 aliphatic heterocycles. The van der Waals surface area contributed by atoms with Gasteiger partial charge in [-0.25, -0.2) is 4.98 Å². The smallest absolute Gasteiger partial charge is 0.254 e. The molecule has 0 aliphatic carbocycles. The number of hydrogen-bond donors (Lipinski definition) is 1. The molecular formula is C24H26N4O4. The quantitative estimate of drug-likeness (QED) is 0.616. The van der Waals surface area contributed by atoms with E-state index in [0.717, 1.165) is 43.3 Å². The van der Waals surface area contributed by atoms with Crippen LogP contribution in [0.2, 0.25) is 0 Å². The summed E-state index contributed by atoms with van der Waals surface area (Å²) in [6, 6.07) is 16.5. The van der Waals surface area contributed by atoms with Crippen LogP contribution in [-0.4, -0.2) is 48.4 Å². The van der Waals surface area contributed by atoms with Crippen LogP contribution in [-0.2, 0) is 16.1 Å². The van der Waals surface area contributed by atoms with E-state index < -0.39 is 0 Å². The van der Waals surface area contributed by atoms with Gasteiger partial charge >= 0.3 is 0 Å². The van der Waals surface area contributed by atoms with E-state index >= 15 is 0 Å². The summed E-state index contributed by atoms with van der Waals surface area (Å²) in [5.74, 6) is 0.473. The molecule has 8 nitrogen and oxygen atoms in total. The van der Waals surface area contributed by atoms with Crippen LogP contribution >= 0.6 is 0 Å². The first-order valence-electron chi connectivity index (χ1n) is 10.6. The van der Waals surface area contributed by atoms with Crippen molar-refractivity contribution in [1.82, 2.24) is 9.55 Å². The van der Waals surface area contributed by atoms with Gasteiger partial charge in [0.05, 0.1) is 31.8 Å². The first-order valence-corrected chi connectivity index (χ1v) is 10.6. The Morgan fingerprint density at radius 1 is 1.09 bits per heavy atom. The zero-order valence-corrected chi connectivity index (χ0v) is 18.0. The third-order valence-corrected chi connectivity index (χ3v) is 5.18. The Labute approximate surface area is 186 Å². The molecule has 2 heterocycles. The summed E-state index contributed by atoms with van der Waals surface area (Å²) >= 11 is 0. The molecule has 32 heavy (non-hydrogen) atoms. The number of hydrogen-bond acceptors (Lipinski definition) is 6. The lowest BCUT2D eigenvalue weighted by atomic mass is 10.1. The van der Waals surface area contributed by atoms with Gasteiger partial charge < -0.3 is 19.7 Å². The number of benzene rings is 2. The first-order chi connectivity index (χ1) is 15.6. The van der Waals surface area contributed by atoms with Crippen molar-refractivity contribution in [3.05, 3.63) is 71.3 Å². The van der Waals surface area contributed by atoms with E-state index in [0.29, 0.717) is 18.0 Å². The molecule has 8 heteroatoms. The van der Waals surface area contributed by atoms with E-state index in [4.69, 9.17) is 9.47 Å². The van der Waals surface area contributed by atoms with Crippen molar-refractivity contribution >= 4 is 17.3 Å². The van der Waals surface area contributed by atoms with Crippen molar-refractivity contribution in [2.24, 2.45) is 0 Å². The molecule has 1 aliphatic rings. The van der Waals surface area contributed by atoms with Crippen molar-refractivity contribution < 1.29 is 14.3 Å². The molecule has 4 rings (SSSR count). The second-order valence-corrected chi connectivity index (χ2v) is 7.39. The van der Waals surface area contributed by atoms with E-state index in [1.165, 1.54) is 17.0 Å². The molecule has 3 aromatic rings. The summed E-state index contributed by atoms with van der Waals surface area (Å²) in [5.41, 5.74) is 2.84. The Bertz CT molecular complexity index is 1100. The summed E-state index contributed by atoms with van der Waals surface area (Å²) < 4.78 is 12.1. The van der Waals surface area contributed by atoms with Gasteiger partial charge in [0.25, 0.3) is 5.56 Å². The molecule has 1 N–H and O–H groups in total. The van der Waals surface area contributed by atoms with Crippen LogP contribution in [0.25, 0.3) is 11.3 Å². The maximum absolute atomic E-state index is 12.5. The number of ether oxygens (including phenoxy) is 2. The standard InChI is InChI=1S/C24H26N4O4/c1-2-32-21-9-3-18(4-10-21)22-15-24(30)28(17-25-22)16-23(29)26-19-5-7-20(8-6-19)27-11-13-31-14-12-27/h3-10,15,17H,2,11-14,16H2,1H3,(H,26,29). The van der Waals surface area contributed by atoms with Crippen LogP contribution in [0, 0.1) is 0 Å². The Hall–Kier alpha value is -3.65. The monoisotopic (exact) mass is 434 g/mol. The summed E-state index contributed by atoms with van der Waals surface area (Å²) in [5, 5.41) is 2.83. The highest BCUT2D eigenvalue weighted by Crippen LogP contribution is 2.20. The van der Waals surface area contributed by atoms with Crippen molar-refractivity contribution in [3.63, 3.8) is 0 Å². The van der Waals surface area contributed by atoms with Crippen LogP contribution in [0.5, 0.6) is 5.75 Å². The lowest BCUT2D eigenvalue weighted by Gasteiger charge is -2.28. The number of nitrogens with zero attached hydrogens (tertiary/aromatic N) is 3. The molecule has 1 fully saturated rings. The zero-order chi connectivity index (χ0) is 22.3. The van der Waals surface area contributed by atoms with Gasteiger partial charge in [-0.15, -0.1) is 0 Å². The highest BCUT2D eigenvalue weighted by Gasteiger charge is 2.12. The van der Waals surface area contributed by atoms with Crippen molar-refractivity contribution in [2.75, 3.05) is 43.1 Å². The van der Waals surface area contributed by atoms with E-state index in [1.54, 1.807) is 0 Å². The molecule has 1 amide bonds. The van der Waals surface area contributed by atoms with Gasteiger partial charge in [-0.1, -0.05) is 0 Å². The molecule has 0 spiro atoms. The minimum absolute atomic E-state index is 0.111. The Morgan fingerprint density at radius 3 is 2.47 bits per heavy atom. The maximum atomic E-state index is 12.5. The number of carbonyl (C=O) groups is 1. The predicted octanol–water partition coefficient (Wildman–Crippen LogP) is 2.78. The second-order valence-electron chi connectivity index (χ2n) is 7.39. The zero-order valence-electron chi connectivity index (χ0n) is 18.0. The highest BCUT2D eigenvalue weighted by atomic mass is 16.5. The molecule has 166 valence electrons. The average Bonchev–Trinajstić information content (AvgIpc) is 2.82. The fraction of sp³-hybridized carbons (Fsp3) is 0.292. The van der Waals surface area contributed by atoms with Crippen LogP contribution in [0.1, 0.15) is 6.92 Å². The van der Waals surface area contributed by atoms with Crippen molar-refractivity contribution in [2.45, 2.75) is 13.5 Å². The molecule has 2 aromatic carbocycles. The highest BCUT2D eigenvalue weighted by molar-refractivity contribution is 5.90. The number of anilines is 2. The summed E-state index contributed by atoms with van der Waals surface area (Å²) in [6.45, 7) is 5.56. The third-order valence-electron chi connectivity index (χ3n) is 5.18. The summed E-state index contributed by atoms with van der Waals surface area (Å²) in [4.78, 5) is 31.5. The fourth-order valence-corrected chi connectivity index (χ4v) is 3.52. The van der Waals surface area contributed by atoms with Gasteiger partial charge in [-0.05, 0) is 55.5 Å². The topological polar surface area (TPSA) is 85.7 Å². The van der Waals surface area contributed by atoms with E-state index in [-0.39, 0.29) is 18.0 Å². The average molecular weight is 434 g/mol. The molecule has 0 bridgehead atoms. The Kier molecular flexibility index (Phi) is 6.81. The van der Waals surface area contributed by atoms with Crippen LogP contribution in [0.15, 0.2) is 65.7 Å². The number of aromatic nitrogens is 2. The van der Waals surface area contributed by atoms with Gasteiger partial charge in [0.2, 0.25) is 5.91 Å². The molecule has 0 unspecified atom stereocenters. The molecule has 0 atom stereocenters. The third kappa shape index (κ3) is 5.33. The summed E-state index contributed by atoms with van der Waals surface area (Å²) in [6.07, 6.45) is 1.40. The van der Waals surface area contributed by atoms with Crippen molar-refractivity contribution in [3.8, 4) is 17.0 Å². The fourth-order valence-electron chi connectivity index (χ4n) is 3.52. The lowest BCUT2D eigenvalue weighted by molar-refractivity contribution is -0.116. The predicted molar refractivity (Wildman–Crippen MR) is 123 cm³/mol. The molecule has 1 aromatic heterocycles. The largest absolute Gasteiger partial charge is 0.494 e. The van der Waals surface area contributed by atoms with Gasteiger partial charge in [0.15, 0.2) is 0 Å². The van der Waals surface area contributed by atoms with Gasteiger partial charge in [0, 0.05) is 36.1 Å². The number of amides is 1. The molecule has 0 saturated carbocycles. The van der Waals surface area contributed by atoms with Gasteiger partial charge in [0.1, 0.15) is 12.3 Å². The number of nitrogens with one attached hydrogen (secondary N) is 1. The van der Waals surface area contributed by atoms with Crippen LogP contribution in [0.4, 0.5) is 11.4 Å². The summed E-state index contributed by atoms with van der Waals surface area (Å²) in [7, 11) is 0. The van der Waals surface area contributed by atoms with Crippen LogP contribution in [0.3, 0.4) is 0 Å². The van der Waals surface area contributed by atoms with E-state index in [1.807, 2.05) is 55.5 Å². The van der Waals surface area contributed by atoms with Crippen molar-refractivity contribution in [1.29, 1.82) is 0 Å². The van der Waals surface area contributed by atoms with E-state index in [9.17, 15) is 9.59 Å². The normalized spacial score (nSPS) is 13.6. The van der Waals surface area contributed by atoms with Crippen LogP contribution < -0.4 is 20.5 Å². The maximum Gasteiger partial charge on any atom is 0.254 e. The minimum atomic E-state index is -0.290. The lowest BCUT2D eigenvalue weighted by Crippen LogP contribution is -2.36. The molecule has 1 saturated heterocycles. The SMILES string of the molecule is CCOc1ccc(-c2cc(=O)n(CC(=O)Nc3ccc(N4CCOCC4)cc3)cn2)cc1. The first kappa shape index (κ1) is 21.6. The minimum Gasteiger partial charge on any atom is -0.494 e. The second kappa shape index (κ2) is 10.1. The molecule has 0 radical (unpaired) electrons. The Balaban J connectivity index is 1.37. The van der Waals surface area contributed by atoms with Gasteiger partial charge in [-0.2, -0.15) is 0 Å². The number of morpholine rings is 1. The molecular weight excluding hydrogens is 408 g/mol.